The maximum Gasteiger partial charge on any atom is 0.394 e. The van der Waals surface area contributed by atoms with Gasteiger partial charge in [0.15, 0.2) is 0 Å². The number of alkyl halides is 3. The van der Waals surface area contributed by atoms with Gasteiger partial charge in [0.05, 0.1) is 11.8 Å². The molecule has 0 radical (unpaired) electrons. The van der Waals surface area contributed by atoms with Gasteiger partial charge in [-0.05, 0) is 0 Å². The Balaban J connectivity index is 2.88. The first-order valence-electron chi connectivity index (χ1n) is 6.99. The standard InChI is InChI=1S/C12H19F3N2O5S/c1-3-17(4-2)23(21,22)7-10(18)16-5-8(11(19)20)9(6-16)12(13,14)15/h8-9H,3-7H2,1-2H3,(H,19,20)/t8-,9-/m1/s1. The van der Waals surface area contributed by atoms with E-state index in [4.69, 9.17) is 5.11 Å². The van der Waals surface area contributed by atoms with Gasteiger partial charge in [-0.1, -0.05) is 13.8 Å². The summed E-state index contributed by atoms with van der Waals surface area (Å²) < 4.78 is 63.6. The average molecular weight is 360 g/mol. The lowest BCUT2D eigenvalue weighted by Crippen LogP contribution is -2.41. The Bertz CT molecular complexity index is 560. The van der Waals surface area contributed by atoms with Crippen LogP contribution in [0.2, 0.25) is 0 Å². The smallest absolute Gasteiger partial charge is 0.394 e. The zero-order valence-electron chi connectivity index (χ0n) is 12.7. The quantitative estimate of drug-likeness (QED) is 0.739. The van der Waals surface area contributed by atoms with Crippen LogP contribution in [0.1, 0.15) is 13.8 Å². The van der Waals surface area contributed by atoms with Crippen LogP contribution < -0.4 is 0 Å². The molecule has 11 heteroatoms. The fraction of sp³-hybridized carbons (Fsp3) is 0.833. The Hall–Kier alpha value is -1.36. The molecule has 1 amide bonds. The number of nitrogens with zero attached hydrogens (tertiary/aromatic N) is 2. The minimum Gasteiger partial charge on any atom is -0.481 e. The molecule has 7 nitrogen and oxygen atoms in total. The molecule has 2 atom stereocenters. The summed E-state index contributed by atoms with van der Waals surface area (Å²) in [5, 5.41) is 8.88. The van der Waals surface area contributed by atoms with Crippen LogP contribution in [-0.2, 0) is 19.6 Å². The van der Waals surface area contributed by atoms with Gasteiger partial charge >= 0.3 is 12.1 Å². The highest BCUT2D eigenvalue weighted by Crippen LogP contribution is 2.37. The second kappa shape index (κ2) is 7.04. The Morgan fingerprint density at radius 1 is 1.22 bits per heavy atom. The first-order valence-corrected chi connectivity index (χ1v) is 8.60. The van der Waals surface area contributed by atoms with Gasteiger partial charge in [-0.25, -0.2) is 12.7 Å². The van der Waals surface area contributed by atoms with Gasteiger partial charge in [-0.15, -0.1) is 0 Å². The van der Waals surface area contributed by atoms with Gasteiger partial charge < -0.3 is 10.0 Å². The van der Waals surface area contributed by atoms with Crippen LogP contribution in [0.4, 0.5) is 13.2 Å². The third-order valence-electron chi connectivity index (χ3n) is 3.81. The first kappa shape index (κ1) is 19.7. The predicted octanol–water partition coefficient (Wildman–Crippen LogP) is 0.379. The lowest BCUT2D eigenvalue weighted by molar-refractivity contribution is -0.188. The summed E-state index contributed by atoms with van der Waals surface area (Å²) in [5.74, 6) is -7.62. The Morgan fingerprint density at radius 3 is 2.09 bits per heavy atom. The fourth-order valence-electron chi connectivity index (χ4n) is 2.54. The predicted molar refractivity (Wildman–Crippen MR) is 74.0 cm³/mol. The van der Waals surface area contributed by atoms with Crippen LogP contribution in [-0.4, -0.2) is 72.7 Å². The number of carbonyl (C=O) groups is 2. The van der Waals surface area contributed by atoms with E-state index in [-0.39, 0.29) is 13.1 Å². The molecule has 1 aliphatic heterocycles. The van der Waals surface area contributed by atoms with Gasteiger partial charge in [0.1, 0.15) is 5.75 Å². The third kappa shape index (κ3) is 4.56. The van der Waals surface area contributed by atoms with E-state index in [1.54, 1.807) is 13.8 Å². The fourth-order valence-corrected chi connectivity index (χ4v) is 4.01. The van der Waals surface area contributed by atoms with Crippen molar-refractivity contribution in [2.75, 3.05) is 31.9 Å². The van der Waals surface area contributed by atoms with E-state index >= 15 is 0 Å². The highest BCUT2D eigenvalue weighted by atomic mass is 32.2. The molecule has 0 spiro atoms. The molecular weight excluding hydrogens is 341 g/mol. The Labute approximate surface area is 132 Å². The molecule has 1 heterocycles. The molecule has 0 aromatic carbocycles. The van der Waals surface area contributed by atoms with Gasteiger partial charge in [0.2, 0.25) is 15.9 Å². The number of hydrogen-bond acceptors (Lipinski definition) is 4. The molecule has 0 aromatic heterocycles. The minimum absolute atomic E-state index is 0.134. The number of likely N-dealkylation sites (tertiary alicyclic amines) is 1. The minimum atomic E-state index is -4.77. The number of carboxylic acids is 1. The van der Waals surface area contributed by atoms with Crippen molar-refractivity contribution in [1.82, 2.24) is 9.21 Å². The van der Waals surface area contributed by atoms with Crippen molar-refractivity contribution >= 4 is 21.9 Å². The number of rotatable bonds is 6. The van der Waals surface area contributed by atoms with E-state index < -0.39 is 58.8 Å². The van der Waals surface area contributed by atoms with E-state index in [0.717, 1.165) is 4.31 Å². The summed E-state index contributed by atoms with van der Waals surface area (Å²) >= 11 is 0. The molecule has 0 unspecified atom stereocenters. The highest BCUT2D eigenvalue weighted by molar-refractivity contribution is 7.89. The summed E-state index contributed by atoms with van der Waals surface area (Å²) in [7, 11) is -3.94. The van der Waals surface area contributed by atoms with Crippen molar-refractivity contribution in [3.8, 4) is 0 Å². The van der Waals surface area contributed by atoms with E-state index in [2.05, 4.69) is 0 Å². The molecule has 0 aliphatic carbocycles. The maximum absolute atomic E-state index is 12.9. The van der Waals surface area contributed by atoms with Crippen molar-refractivity contribution in [3.63, 3.8) is 0 Å². The molecule has 134 valence electrons. The maximum atomic E-state index is 12.9. The zero-order chi connectivity index (χ0) is 18.0. The SMILES string of the molecule is CCN(CC)S(=O)(=O)CC(=O)N1C[C@@H](C(F)(F)F)[C@H](C(=O)O)C1. The van der Waals surface area contributed by atoms with E-state index in [1.807, 2.05) is 0 Å². The van der Waals surface area contributed by atoms with Crippen LogP contribution in [0.5, 0.6) is 0 Å². The molecule has 1 rings (SSSR count). The summed E-state index contributed by atoms with van der Waals surface area (Å²) in [6.07, 6.45) is -4.77. The number of hydrogen-bond donors (Lipinski definition) is 1. The van der Waals surface area contributed by atoms with Crippen molar-refractivity contribution in [1.29, 1.82) is 0 Å². The second-order valence-electron chi connectivity index (χ2n) is 5.23. The molecule has 23 heavy (non-hydrogen) atoms. The monoisotopic (exact) mass is 360 g/mol. The molecule has 1 aliphatic rings. The van der Waals surface area contributed by atoms with Gasteiger partial charge in [0, 0.05) is 26.2 Å². The molecule has 0 bridgehead atoms. The van der Waals surface area contributed by atoms with Crippen molar-refractivity contribution < 1.29 is 36.3 Å². The van der Waals surface area contributed by atoms with Gasteiger partial charge in [-0.2, -0.15) is 13.2 Å². The van der Waals surface area contributed by atoms with Crippen molar-refractivity contribution in [2.24, 2.45) is 11.8 Å². The number of sulfonamides is 1. The number of carbonyl (C=O) groups excluding carboxylic acids is 1. The molecule has 0 saturated carbocycles. The third-order valence-corrected chi connectivity index (χ3v) is 5.73. The molecule has 1 saturated heterocycles. The number of carboxylic acid groups (broad SMARTS) is 1. The van der Waals surface area contributed by atoms with Crippen LogP contribution in [0.25, 0.3) is 0 Å². The van der Waals surface area contributed by atoms with E-state index in [1.165, 1.54) is 0 Å². The van der Waals surface area contributed by atoms with Crippen LogP contribution >= 0.6 is 0 Å². The first-order chi connectivity index (χ1) is 10.4. The molecule has 1 fully saturated rings. The van der Waals surface area contributed by atoms with E-state index in [9.17, 15) is 31.2 Å². The molecular formula is C12H19F3N2O5S. The van der Waals surface area contributed by atoms with Gasteiger partial charge in [-0.3, -0.25) is 9.59 Å². The van der Waals surface area contributed by atoms with Crippen molar-refractivity contribution in [3.05, 3.63) is 0 Å². The van der Waals surface area contributed by atoms with Crippen LogP contribution in [0.3, 0.4) is 0 Å². The average Bonchev–Trinajstić information content (AvgIpc) is 2.84. The highest BCUT2D eigenvalue weighted by Gasteiger charge is 2.53. The largest absolute Gasteiger partial charge is 0.481 e. The lowest BCUT2D eigenvalue weighted by Gasteiger charge is -2.21. The zero-order valence-corrected chi connectivity index (χ0v) is 13.5. The molecule has 1 N–H and O–H groups in total. The summed E-state index contributed by atoms with van der Waals surface area (Å²) in [6, 6.07) is 0. The van der Waals surface area contributed by atoms with E-state index in [0.29, 0.717) is 4.90 Å². The summed E-state index contributed by atoms with van der Waals surface area (Å²) in [6.45, 7) is 1.92. The lowest BCUT2D eigenvalue weighted by atomic mass is 9.96. The number of amides is 1. The summed E-state index contributed by atoms with van der Waals surface area (Å²) in [5.41, 5.74) is 0. The number of halogens is 3. The Kier molecular flexibility index (Phi) is 6.02. The topological polar surface area (TPSA) is 95.0 Å². The normalized spacial score (nSPS) is 22.6. The van der Waals surface area contributed by atoms with Crippen molar-refractivity contribution in [2.45, 2.75) is 20.0 Å². The number of aliphatic carboxylic acids is 1. The summed E-state index contributed by atoms with van der Waals surface area (Å²) in [4.78, 5) is 23.6. The molecule has 0 aromatic rings. The van der Waals surface area contributed by atoms with Crippen LogP contribution in [0.15, 0.2) is 0 Å². The van der Waals surface area contributed by atoms with Crippen LogP contribution in [0, 0.1) is 11.8 Å². The Morgan fingerprint density at radius 2 is 1.74 bits per heavy atom. The van der Waals surface area contributed by atoms with Gasteiger partial charge in [0.25, 0.3) is 0 Å². The second-order valence-corrected chi connectivity index (χ2v) is 7.20.